The van der Waals surface area contributed by atoms with Crippen molar-refractivity contribution >= 4 is 17.3 Å². The van der Waals surface area contributed by atoms with Crippen molar-refractivity contribution in [3.05, 3.63) is 23.8 Å². The first-order valence-corrected chi connectivity index (χ1v) is 6.91. The average Bonchev–Trinajstić information content (AvgIpc) is 2.41. The second-order valence-electron chi connectivity index (χ2n) is 5.05. The van der Waals surface area contributed by atoms with Gasteiger partial charge in [-0.1, -0.05) is 13.8 Å². The lowest BCUT2D eigenvalue weighted by molar-refractivity contribution is 0.0956. The summed E-state index contributed by atoms with van der Waals surface area (Å²) >= 11 is 0. The molecule has 4 N–H and O–H groups in total. The minimum absolute atomic E-state index is 0.00598. The van der Waals surface area contributed by atoms with E-state index in [1.54, 1.807) is 12.1 Å². The average molecular weight is 263 g/mol. The summed E-state index contributed by atoms with van der Waals surface area (Å²) < 4.78 is 0. The Balaban J connectivity index is 3.00. The number of anilines is 2. The minimum atomic E-state index is -0.0692. The number of hydrogen-bond donors (Lipinski definition) is 3. The maximum absolute atomic E-state index is 11.8. The van der Waals surface area contributed by atoms with E-state index >= 15 is 0 Å². The van der Waals surface area contributed by atoms with E-state index in [1.165, 1.54) is 0 Å². The van der Waals surface area contributed by atoms with E-state index in [-0.39, 0.29) is 11.4 Å². The first kappa shape index (κ1) is 15.3. The van der Waals surface area contributed by atoms with Gasteiger partial charge in [0.15, 0.2) is 0 Å². The summed E-state index contributed by atoms with van der Waals surface area (Å²) in [5.74, 6) is -0.0692. The highest BCUT2D eigenvalue weighted by molar-refractivity contribution is 5.96. The molecule has 0 aromatic heterocycles. The van der Waals surface area contributed by atoms with E-state index < -0.39 is 0 Å². The zero-order chi connectivity index (χ0) is 14.5. The number of hydrogen-bond acceptors (Lipinski definition) is 3. The van der Waals surface area contributed by atoms with Crippen LogP contribution in [0.4, 0.5) is 11.4 Å². The molecule has 4 heteroatoms. The SMILES string of the molecule is CCNC(=O)c1ccc(N)c(NC(C)(CC)CC)c1. The Bertz CT molecular complexity index is 439. The summed E-state index contributed by atoms with van der Waals surface area (Å²) in [4.78, 5) is 11.8. The quantitative estimate of drug-likeness (QED) is 0.691. The minimum Gasteiger partial charge on any atom is -0.397 e. The molecule has 0 radical (unpaired) electrons. The molecule has 0 bridgehead atoms. The Morgan fingerprint density at radius 2 is 1.89 bits per heavy atom. The van der Waals surface area contributed by atoms with Gasteiger partial charge in [-0.3, -0.25) is 4.79 Å². The maximum atomic E-state index is 11.8. The third kappa shape index (κ3) is 3.88. The number of nitrogen functional groups attached to an aromatic ring is 1. The van der Waals surface area contributed by atoms with Gasteiger partial charge in [-0.15, -0.1) is 0 Å². The van der Waals surface area contributed by atoms with Gasteiger partial charge in [0.25, 0.3) is 5.91 Å². The molecule has 0 aliphatic carbocycles. The summed E-state index contributed by atoms with van der Waals surface area (Å²) in [6.45, 7) is 8.96. The van der Waals surface area contributed by atoms with Crippen LogP contribution in [0.5, 0.6) is 0 Å². The molecule has 0 heterocycles. The first-order chi connectivity index (χ1) is 8.95. The van der Waals surface area contributed by atoms with Gasteiger partial charge in [0, 0.05) is 17.6 Å². The van der Waals surface area contributed by atoms with Crippen molar-refractivity contribution in [3.63, 3.8) is 0 Å². The smallest absolute Gasteiger partial charge is 0.251 e. The van der Waals surface area contributed by atoms with Gasteiger partial charge >= 0.3 is 0 Å². The Morgan fingerprint density at radius 3 is 2.42 bits per heavy atom. The standard InChI is InChI=1S/C15H25N3O/c1-5-15(4,6-2)18-13-10-11(8-9-12(13)16)14(19)17-7-3/h8-10,18H,5-7,16H2,1-4H3,(H,17,19). The first-order valence-electron chi connectivity index (χ1n) is 6.91. The Kier molecular flexibility index (Phi) is 5.21. The number of rotatable bonds is 6. The fourth-order valence-electron chi connectivity index (χ4n) is 1.82. The van der Waals surface area contributed by atoms with Crippen LogP contribution >= 0.6 is 0 Å². The second-order valence-corrected chi connectivity index (χ2v) is 5.05. The Morgan fingerprint density at radius 1 is 1.26 bits per heavy atom. The van der Waals surface area contributed by atoms with Crippen molar-refractivity contribution in [3.8, 4) is 0 Å². The van der Waals surface area contributed by atoms with Gasteiger partial charge in [-0.25, -0.2) is 0 Å². The van der Waals surface area contributed by atoms with Crippen LogP contribution in [-0.4, -0.2) is 18.0 Å². The van der Waals surface area contributed by atoms with Crippen LogP contribution in [-0.2, 0) is 0 Å². The highest BCUT2D eigenvalue weighted by Gasteiger charge is 2.20. The van der Waals surface area contributed by atoms with E-state index in [1.807, 2.05) is 13.0 Å². The highest BCUT2D eigenvalue weighted by Crippen LogP contribution is 2.27. The summed E-state index contributed by atoms with van der Waals surface area (Å²) in [7, 11) is 0. The lowest BCUT2D eigenvalue weighted by Gasteiger charge is -2.30. The number of benzene rings is 1. The van der Waals surface area contributed by atoms with Crippen molar-refractivity contribution in [2.75, 3.05) is 17.6 Å². The topological polar surface area (TPSA) is 67.2 Å². The summed E-state index contributed by atoms with van der Waals surface area (Å²) in [6.07, 6.45) is 1.99. The van der Waals surface area contributed by atoms with Gasteiger partial charge in [-0.05, 0) is 44.9 Å². The molecule has 0 fully saturated rings. The van der Waals surface area contributed by atoms with E-state index in [4.69, 9.17) is 5.73 Å². The van der Waals surface area contributed by atoms with Crippen LogP contribution in [0.3, 0.4) is 0 Å². The van der Waals surface area contributed by atoms with Crippen molar-refractivity contribution in [2.24, 2.45) is 0 Å². The molecule has 0 saturated heterocycles. The molecule has 1 rings (SSSR count). The van der Waals surface area contributed by atoms with Gasteiger partial charge in [-0.2, -0.15) is 0 Å². The normalized spacial score (nSPS) is 11.2. The largest absolute Gasteiger partial charge is 0.397 e. The molecule has 106 valence electrons. The molecule has 19 heavy (non-hydrogen) atoms. The molecule has 0 unspecified atom stereocenters. The van der Waals surface area contributed by atoms with Gasteiger partial charge in [0.1, 0.15) is 0 Å². The zero-order valence-corrected chi connectivity index (χ0v) is 12.3. The third-order valence-corrected chi connectivity index (χ3v) is 3.65. The fraction of sp³-hybridized carbons (Fsp3) is 0.533. The van der Waals surface area contributed by atoms with Crippen molar-refractivity contribution < 1.29 is 4.79 Å². The molecule has 1 aromatic carbocycles. The molecule has 0 saturated carbocycles. The Hall–Kier alpha value is -1.71. The summed E-state index contributed by atoms with van der Waals surface area (Å²) in [5.41, 5.74) is 8.11. The molecule has 1 aromatic rings. The van der Waals surface area contributed by atoms with E-state index in [0.717, 1.165) is 18.5 Å². The number of nitrogens with one attached hydrogen (secondary N) is 2. The highest BCUT2D eigenvalue weighted by atomic mass is 16.1. The molecular formula is C15H25N3O. The summed E-state index contributed by atoms with van der Waals surface area (Å²) in [5, 5.41) is 6.25. The van der Waals surface area contributed by atoms with Crippen LogP contribution in [0.25, 0.3) is 0 Å². The number of carbonyl (C=O) groups excluding carboxylic acids is 1. The van der Waals surface area contributed by atoms with E-state index in [9.17, 15) is 4.79 Å². The van der Waals surface area contributed by atoms with Crippen LogP contribution in [0.1, 0.15) is 50.9 Å². The van der Waals surface area contributed by atoms with Crippen LogP contribution < -0.4 is 16.4 Å². The molecular weight excluding hydrogens is 238 g/mol. The number of nitrogens with two attached hydrogens (primary N) is 1. The second kappa shape index (κ2) is 6.45. The molecule has 0 aliphatic rings. The summed E-state index contributed by atoms with van der Waals surface area (Å²) in [6, 6.07) is 5.35. The van der Waals surface area contributed by atoms with Gasteiger partial charge in [0.05, 0.1) is 11.4 Å². The lowest BCUT2D eigenvalue weighted by Crippen LogP contribution is -2.33. The molecule has 0 aliphatic heterocycles. The van der Waals surface area contributed by atoms with Crippen molar-refractivity contribution in [2.45, 2.75) is 46.1 Å². The van der Waals surface area contributed by atoms with Gasteiger partial charge in [0.2, 0.25) is 0 Å². The Labute approximate surface area is 115 Å². The van der Waals surface area contributed by atoms with Crippen LogP contribution in [0, 0.1) is 0 Å². The predicted molar refractivity (Wildman–Crippen MR) is 81.5 cm³/mol. The lowest BCUT2D eigenvalue weighted by atomic mass is 9.95. The monoisotopic (exact) mass is 263 g/mol. The van der Waals surface area contributed by atoms with Crippen molar-refractivity contribution in [1.29, 1.82) is 0 Å². The predicted octanol–water partition coefficient (Wildman–Crippen LogP) is 3.01. The van der Waals surface area contributed by atoms with E-state index in [0.29, 0.717) is 17.8 Å². The van der Waals surface area contributed by atoms with Crippen molar-refractivity contribution in [1.82, 2.24) is 5.32 Å². The molecule has 4 nitrogen and oxygen atoms in total. The van der Waals surface area contributed by atoms with Crippen LogP contribution in [0.15, 0.2) is 18.2 Å². The molecule has 1 amide bonds. The van der Waals surface area contributed by atoms with E-state index in [2.05, 4.69) is 31.4 Å². The number of amides is 1. The fourth-order valence-corrected chi connectivity index (χ4v) is 1.82. The van der Waals surface area contributed by atoms with Crippen LogP contribution in [0.2, 0.25) is 0 Å². The number of carbonyl (C=O) groups is 1. The molecule has 0 atom stereocenters. The third-order valence-electron chi connectivity index (χ3n) is 3.65. The zero-order valence-electron chi connectivity index (χ0n) is 12.3. The maximum Gasteiger partial charge on any atom is 0.251 e. The van der Waals surface area contributed by atoms with Gasteiger partial charge < -0.3 is 16.4 Å². The molecule has 0 spiro atoms.